The number of hydrogen-bond donors (Lipinski definition) is 1. The van der Waals surface area contributed by atoms with Crippen LogP contribution in [0.3, 0.4) is 0 Å². The van der Waals surface area contributed by atoms with Gasteiger partial charge in [-0.05, 0) is 23.8 Å². The molecule has 1 heterocycles. The first kappa shape index (κ1) is 11.4. The van der Waals surface area contributed by atoms with Crippen LogP contribution in [0.1, 0.15) is 30.6 Å². The highest BCUT2D eigenvalue weighted by Crippen LogP contribution is 2.50. The zero-order valence-electron chi connectivity index (χ0n) is 9.46. The molecular formula is C12H15ClN2O. The SMILES string of the molecule is CC1(C)CC1CNC(=O)c1ccncc1Cl. The predicted molar refractivity (Wildman–Crippen MR) is 63.5 cm³/mol. The van der Waals surface area contributed by atoms with E-state index in [1.165, 1.54) is 12.6 Å². The average Bonchev–Trinajstić information content (AvgIpc) is 2.84. The molecule has 1 aliphatic rings. The maximum absolute atomic E-state index is 11.8. The number of carbonyl (C=O) groups is 1. The molecule has 0 aromatic carbocycles. The molecule has 1 aromatic heterocycles. The van der Waals surface area contributed by atoms with Crippen LogP contribution in [0.4, 0.5) is 0 Å². The molecule has 1 atom stereocenters. The molecule has 0 saturated heterocycles. The van der Waals surface area contributed by atoms with Gasteiger partial charge in [-0.2, -0.15) is 0 Å². The smallest absolute Gasteiger partial charge is 0.252 e. The number of halogens is 1. The fourth-order valence-corrected chi connectivity index (χ4v) is 2.00. The zero-order chi connectivity index (χ0) is 11.8. The van der Waals surface area contributed by atoms with Crippen molar-refractivity contribution in [2.24, 2.45) is 11.3 Å². The molecule has 1 aliphatic carbocycles. The van der Waals surface area contributed by atoms with Crippen LogP contribution in [-0.4, -0.2) is 17.4 Å². The first-order valence-electron chi connectivity index (χ1n) is 5.38. The summed E-state index contributed by atoms with van der Waals surface area (Å²) in [7, 11) is 0. The molecule has 0 radical (unpaired) electrons. The number of nitrogens with one attached hydrogen (secondary N) is 1. The van der Waals surface area contributed by atoms with Crippen LogP contribution >= 0.6 is 11.6 Å². The summed E-state index contributed by atoms with van der Waals surface area (Å²) < 4.78 is 0. The van der Waals surface area contributed by atoms with Gasteiger partial charge in [0.1, 0.15) is 0 Å². The second kappa shape index (κ2) is 4.06. The molecule has 2 rings (SSSR count). The Morgan fingerprint density at radius 2 is 2.38 bits per heavy atom. The van der Waals surface area contributed by atoms with E-state index in [2.05, 4.69) is 24.1 Å². The van der Waals surface area contributed by atoms with E-state index in [1.54, 1.807) is 12.3 Å². The topological polar surface area (TPSA) is 42.0 Å². The monoisotopic (exact) mass is 238 g/mol. The van der Waals surface area contributed by atoms with E-state index in [0.29, 0.717) is 21.9 Å². The number of pyridine rings is 1. The molecule has 0 spiro atoms. The van der Waals surface area contributed by atoms with E-state index in [-0.39, 0.29) is 5.91 Å². The number of carbonyl (C=O) groups excluding carboxylic acids is 1. The first-order valence-corrected chi connectivity index (χ1v) is 5.76. The Hall–Kier alpha value is -1.09. The molecule has 86 valence electrons. The third-order valence-corrected chi connectivity index (χ3v) is 3.54. The Labute approximate surface area is 100 Å². The lowest BCUT2D eigenvalue weighted by Crippen LogP contribution is -2.26. The lowest BCUT2D eigenvalue weighted by atomic mass is 10.1. The van der Waals surface area contributed by atoms with Crippen LogP contribution in [0.5, 0.6) is 0 Å². The van der Waals surface area contributed by atoms with E-state index in [1.807, 2.05) is 0 Å². The fraction of sp³-hybridized carbons (Fsp3) is 0.500. The van der Waals surface area contributed by atoms with E-state index in [4.69, 9.17) is 11.6 Å². The summed E-state index contributed by atoms with van der Waals surface area (Å²) in [6.07, 6.45) is 4.23. The van der Waals surface area contributed by atoms with Gasteiger partial charge >= 0.3 is 0 Å². The minimum Gasteiger partial charge on any atom is -0.352 e. The van der Waals surface area contributed by atoms with Crippen molar-refractivity contribution >= 4 is 17.5 Å². The van der Waals surface area contributed by atoms with Crippen LogP contribution in [0.2, 0.25) is 5.02 Å². The van der Waals surface area contributed by atoms with E-state index in [0.717, 1.165) is 6.54 Å². The summed E-state index contributed by atoms with van der Waals surface area (Å²) in [4.78, 5) is 15.6. The molecule has 1 amide bonds. The Balaban J connectivity index is 1.92. The number of aromatic nitrogens is 1. The van der Waals surface area contributed by atoms with E-state index < -0.39 is 0 Å². The summed E-state index contributed by atoms with van der Waals surface area (Å²) in [6.45, 7) is 5.15. The summed E-state index contributed by atoms with van der Waals surface area (Å²) >= 11 is 5.88. The minimum atomic E-state index is -0.116. The summed E-state index contributed by atoms with van der Waals surface area (Å²) in [6, 6.07) is 1.63. The van der Waals surface area contributed by atoms with Crippen molar-refractivity contribution in [2.45, 2.75) is 20.3 Å². The molecule has 1 unspecified atom stereocenters. The Bertz CT molecular complexity index is 417. The Morgan fingerprint density at radius 1 is 1.69 bits per heavy atom. The second-order valence-corrected chi connectivity index (χ2v) is 5.36. The van der Waals surface area contributed by atoms with Crippen molar-refractivity contribution in [3.8, 4) is 0 Å². The van der Waals surface area contributed by atoms with Gasteiger partial charge in [0.15, 0.2) is 0 Å². The molecule has 1 saturated carbocycles. The molecule has 4 heteroatoms. The third kappa shape index (κ3) is 2.35. The highest BCUT2D eigenvalue weighted by atomic mass is 35.5. The van der Waals surface area contributed by atoms with Crippen LogP contribution < -0.4 is 5.32 Å². The van der Waals surface area contributed by atoms with Crippen LogP contribution in [0, 0.1) is 11.3 Å². The van der Waals surface area contributed by atoms with E-state index >= 15 is 0 Å². The molecule has 3 nitrogen and oxygen atoms in total. The van der Waals surface area contributed by atoms with Gasteiger partial charge in [0.05, 0.1) is 10.6 Å². The molecule has 1 N–H and O–H groups in total. The number of hydrogen-bond acceptors (Lipinski definition) is 2. The maximum Gasteiger partial charge on any atom is 0.252 e. The maximum atomic E-state index is 11.8. The van der Waals surface area contributed by atoms with E-state index in [9.17, 15) is 4.79 Å². The van der Waals surface area contributed by atoms with Crippen molar-refractivity contribution in [1.29, 1.82) is 0 Å². The lowest BCUT2D eigenvalue weighted by molar-refractivity contribution is 0.0950. The molecule has 0 bridgehead atoms. The van der Waals surface area contributed by atoms with Gasteiger partial charge in [0.25, 0.3) is 5.91 Å². The predicted octanol–water partition coefficient (Wildman–Crippen LogP) is 2.51. The van der Waals surface area contributed by atoms with Gasteiger partial charge in [-0.1, -0.05) is 25.4 Å². The highest BCUT2D eigenvalue weighted by molar-refractivity contribution is 6.33. The van der Waals surface area contributed by atoms with Gasteiger partial charge in [0.2, 0.25) is 0 Å². The summed E-state index contributed by atoms with van der Waals surface area (Å²) in [5, 5.41) is 3.30. The standard InChI is InChI=1S/C12H15ClN2O/c1-12(2)5-8(12)6-15-11(16)9-3-4-14-7-10(9)13/h3-4,7-8H,5-6H2,1-2H3,(H,15,16). The van der Waals surface area contributed by atoms with Crippen molar-refractivity contribution < 1.29 is 4.79 Å². The van der Waals surface area contributed by atoms with Crippen molar-refractivity contribution in [2.75, 3.05) is 6.54 Å². The Kier molecular flexibility index (Phi) is 2.89. The number of amides is 1. The zero-order valence-corrected chi connectivity index (χ0v) is 10.2. The normalized spacial score (nSPS) is 21.6. The molecule has 1 aromatic rings. The van der Waals surface area contributed by atoms with Crippen LogP contribution in [-0.2, 0) is 0 Å². The van der Waals surface area contributed by atoms with Crippen molar-refractivity contribution in [3.63, 3.8) is 0 Å². The molecule has 1 fully saturated rings. The number of rotatable bonds is 3. The highest BCUT2D eigenvalue weighted by Gasteiger charge is 2.45. The van der Waals surface area contributed by atoms with Gasteiger partial charge < -0.3 is 5.32 Å². The van der Waals surface area contributed by atoms with Gasteiger partial charge in [-0.15, -0.1) is 0 Å². The quantitative estimate of drug-likeness (QED) is 0.879. The third-order valence-electron chi connectivity index (χ3n) is 3.24. The lowest BCUT2D eigenvalue weighted by Gasteiger charge is -2.07. The Morgan fingerprint density at radius 3 is 2.94 bits per heavy atom. The summed E-state index contributed by atoms with van der Waals surface area (Å²) in [5.74, 6) is 0.479. The van der Waals surface area contributed by atoms with Gasteiger partial charge in [-0.3, -0.25) is 9.78 Å². The van der Waals surface area contributed by atoms with Crippen LogP contribution in [0.15, 0.2) is 18.5 Å². The number of nitrogens with zero attached hydrogens (tertiary/aromatic N) is 1. The molecule has 16 heavy (non-hydrogen) atoms. The van der Waals surface area contributed by atoms with Gasteiger partial charge in [0, 0.05) is 18.9 Å². The van der Waals surface area contributed by atoms with Crippen LogP contribution in [0.25, 0.3) is 0 Å². The largest absolute Gasteiger partial charge is 0.352 e. The second-order valence-electron chi connectivity index (χ2n) is 4.96. The summed E-state index contributed by atoms with van der Waals surface area (Å²) in [5.41, 5.74) is 0.880. The minimum absolute atomic E-state index is 0.116. The molecular weight excluding hydrogens is 224 g/mol. The van der Waals surface area contributed by atoms with Gasteiger partial charge in [-0.25, -0.2) is 0 Å². The fourth-order valence-electron chi connectivity index (χ4n) is 1.80. The van der Waals surface area contributed by atoms with Crippen molar-refractivity contribution in [3.05, 3.63) is 29.0 Å². The molecule has 0 aliphatic heterocycles. The first-order chi connectivity index (χ1) is 7.50. The van der Waals surface area contributed by atoms with Crippen molar-refractivity contribution in [1.82, 2.24) is 10.3 Å². The average molecular weight is 239 g/mol.